The molecule has 1 saturated heterocycles. The topological polar surface area (TPSA) is 25.4 Å². The van der Waals surface area contributed by atoms with Gasteiger partial charge < -0.3 is 9.64 Å². The monoisotopic (exact) mass is 246 g/mol. The molecule has 0 amide bonds. The number of aromatic nitrogens is 1. The molecule has 3 rings (SSSR count). The Morgan fingerprint density at radius 3 is 2.53 bits per heavy atom. The zero-order valence-electron chi connectivity index (χ0n) is 9.50. The quantitative estimate of drug-likeness (QED) is 0.814. The number of hydrogen-bond acceptors (Lipinski definition) is 4. The summed E-state index contributed by atoms with van der Waals surface area (Å²) in [6.45, 7) is 3.62. The van der Waals surface area contributed by atoms with Crippen molar-refractivity contribution in [2.75, 3.05) is 31.2 Å². The van der Waals surface area contributed by atoms with E-state index < -0.39 is 0 Å². The number of nitrogens with zero attached hydrogens (tertiary/aromatic N) is 2. The minimum absolute atomic E-state index is 0.828. The van der Waals surface area contributed by atoms with Crippen molar-refractivity contribution in [3.8, 4) is 10.6 Å². The van der Waals surface area contributed by atoms with Crippen molar-refractivity contribution in [1.29, 1.82) is 0 Å². The van der Waals surface area contributed by atoms with E-state index in [-0.39, 0.29) is 0 Å². The van der Waals surface area contributed by atoms with Gasteiger partial charge in [0.15, 0.2) is 0 Å². The van der Waals surface area contributed by atoms with Crippen LogP contribution in [0.15, 0.2) is 35.8 Å². The average Bonchev–Trinajstić information content (AvgIpc) is 2.94. The molecular formula is C13H14N2OS. The largest absolute Gasteiger partial charge is 0.378 e. The third-order valence-electron chi connectivity index (χ3n) is 2.92. The Hall–Kier alpha value is -1.39. The smallest absolute Gasteiger partial charge is 0.123 e. The summed E-state index contributed by atoms with van der Waals surface area (Å²) in [6.07, 6.45) is 1.84. The van der Waals surface area contributed by atoms with Gasteiger partial charge in [0.25, 0.3) is 0 Å². The molecule has 0 N–H and O–H groups in total. The van der Waals surface area contributed by atoms with Gasteiger partial charge in [-0.15, -0.1) is 11.3 Å². The van der Waals surface area contributed by atoms with E-state index in [0.29, 0.717) is 0 Å². The standard InChI is InChI=1S/C13H14N2OS/c1-3-12(15-6-8-16-9-7-15)4-2-11(1)13-14-5-10-17-13/h1-5,10H,6-9H2. The number of morpholine rings is 1. The van der Waals surface area contributed by atoms with Gasteiger partial charge in [0.2, 0.25) is 0 Å². The highest BCUT2D eigenvalue weighted by atomic mass is 32.1. The van der Waals surface area contributed by atoms with E-state index in [1.54, 1.807) is 11.3 Å². The highest BCUT2D eigenvalue weighted by molar-refractivity contribution is 7.13. The molecule has 1 fully saturated rings. The number of rotatable bonds is 2. The minimum atomic E-state index is 0.828. The molecule has 0 saturated carbocycles. The van der Waals surface area contributed by atoms with Gasteiger partial charge in [-0.1, -0.05) is 0 Å². The van der Waals surface area contributed by atoms with Crippen LogP contribution in [0.4, 0.5) is 5.69 Å². The van der Waals surface area contributed by atoms with E-state index in [4.69, 9.17) is 4.74 Å². The second kappa shape index (κ2) is 4.85. The van der Waals surface area contributed by atoms with E-state index in [9.17, 15) is 0 Å². The summed E-state index contributed by atoms with van der Waals surface area (Å²) in [5.41, 5.74) is 2.46. The van der Waals surface area contributed by atoms with Gasteiger partial charge in [-0.2, -0.15) is 0 Å². The van der Waals surface area contributed by atoms with Crippen LogP contribution >= 0.6 is 11.3 Å². The number of hydrogen-bond donors (Lipinski definition) is 0. The van der Waals surface area contributed by atoms with Crippen LogP contribution < -0.4 is 4.90 Å². The molecule has 4 heteroatoms. The Labute approximate surface area is 105 Å². The number of ether oxygens (including phenoxy) is 1. The molecule has 1 aromatic heterocycles. The molecular weight excluding hydrogens is 232 g/mol. The third kappa shape index (κ3) is 2.33. The maximum atomic E-state index is 5.35. The molecule has 0 radical (unpaired) electrons. The molecule has 17 heavy (non-hydrogen) atoms. The van der Waals surface area contributed by atoms with Crippen molar-refractivity contribution in [2.24, 2.45) is 0 Å². The molecule has 88 valence electrons. The maximum Gasteiger partial charge on any atom is 0.123 e. The predicted octanol–water partition coefficient (Wildman–Crippen LogP) is 2.65. The normalized spacial score (nSPS) is 16.1. The molecule has 0 bridgehead atoms. The summed E-state index contributed by atoms with van der Waals surface area (Å²) < 4.78 is 5.35. The van der Waals surface area contributed by atoms with Crippen LogP contribution in [0.1, 0.15) is 0 Å². The molecule has 0 atom stereocenters. The fraction of sp³-hybridized carbons (Fsp3) is 0.308. The molecule has 2 aromatic rings. The van der Waals surface area contributed by atoms with Gasteiger partial charge in [-0.3, -0.25) is 0 Å². The summed E-state index contributed by atoms with van der Waals surface area (Å²) in [5.74, 6) is 0. The van der Waals surface area contributed by atoms with Crippen molar-refractivity contribution < 1.29 is 4.74 Å². The van der Waals surface area contributed by atoms with Gasteiger partial charge in [0.05, 0.1) is 13.2 Å². The molecule has 0 spiro atoms. The molecule has 2 heterocycles. The summed E-state index contributed by atoms with van der Waals surface area (Å²) in [4.78, 5) is 6.67. The fourth-order valence-corrected chi connectivity index (χ4v) is 2.65. The minimum Gasteiger partial charge on any atom is -0.378 e. The van der Waals surface area contributed by atoms with E-state index >= 15 is 0 Å². The number of thiazole rings is 1. The molecule has 0 unspecified atom stereocenters. The van der Waals surface area contributed by atoms with Crippen molar-refractivity contribution in [1.82, 2.24) is 4.98 Å². The Bertz CT molecular complexity index is 461. The first-order valence-corrected chi connectivity index (χ1v) is 6.64. The van der Waals surface area contributed by atoms with E-state index in [0.717, 1.165) is 31.3 Å². The zero-order valence-corrected chi connectivity index (χ0v) is 10.3. The molecule has 1 aromatic carbocycles. The second-order valence-corrected chi connectivity index (χ2v) is 4.88. The van der Waals surface area contributed by atoms with Crippen molar-refractivity contribution in [2.45, 2.75) is 0 Å². The summed E-state index contributed by atoms with van der Waals surface area (Å²) >= 11 is 1.67. The maximum absolute atomic E-state index is 5.35. The van der Waals surface area contributed by atoms with Crippen LogP contribution in [-0.2, 0) is 4.74 Å². The lowest BCUT2D eigenvalue weighted by atomic mass is 10.2. The first-order chi connectivity index (χ1) is 8.43. The van der Waals surface area contributed by atoms with E-state index in [2.05, 4.69) is 34.1 Å². The Morgan fingerprint density at radius 2 is 1.88 bits per heavy atom. The van der Waals surface area contributed by atoms with Gasteiger partial charge in [0.1, 0.15) is 5.01 Å². The average molecular weight is 246 g/mol. The number of benzene rings is 1. The lowest BCUT2D eigenvalue weighted by Gasteiger charge is -2.28. The Kier molecular flexibility index (Phi) is 3.07. The first kappa shape index (κ1) is 10.7. The van der Waals surface area contributed by atoms with Crippen LogP contribution in [0.2, 0.25) is 0 Å². The molecule has 1 aliphatic heterocycles. The highest BCUT2D eigenvalue weighted by Gasteiger charge is 2.11. The first-order valence-electron chi connectivity index (χ1n) is 5.76. The van der Waals surface area contributed by atoms with Crippen LogP contribution in [-0.4, -0.2) is 31.3 Å². The SMILES string of the molecule is c1csc(-c2ccc(N3CCOCC3)cc2)n1. The van der Waals surface area contributed by atoms with Gasteiger partial charge in [0, 0.05) is 35.9 Å². The van der Waals surface area contributed by atoms with Crippen LogP contribution in [0.25, 0.3) is 10.6 Å². The van der Waals surface area contributed by atoms with Crippen LogP contribution in [0.5, 0.6) is 0 Å². The van der Waals surface area contributed by atoms with E-state index in [1.165, 1.54) is 11.3 Å². The third-order valence-corrected chi connectivity index (χ3v) is 3.74. The van der Waals surface area contributed by atoms with E-state index in [1.807, 2.05) is 11.6 Å². The zero-order chi connectivity index (χ0) is 11.5. The predicted molar refractivity (Wildman–Crippen MR) is 70.6 cm³/mol. The summed E-state index contributed by atoms with van der Waals surface area (Å²) in [7, 11) is 0. The Morgan fingerprint density at radius 1 is 1.12 bits per heavy atom. The van der Waals surface area contributed by atoms with Crippen LogP contribution in [0, 0.1) is 0 Å². The van der Waals surface area contributed by atoms with Crippen LogP contribution in [0.3, 0.4) is 0 Å². The van der Waals surface area contributed by atoms with Gasteiger partial charge in [-0.05, 0) is 24.3 Å². The highest BCUT2D eigenvalue weighted by Crippen LogP contribution is 2.24. The second-order valence-electron chi connectivity index (χ2n) is 3.98. The summed E-state index contributed by atoms with van der Waals surface area (Å²) in [6, 6.07) is 8.62. The Balaban J connectivity index is 1.80. The van der Waals surface area contributed by atoms with Gasteiger partial charge in [-0.25, -0.2) is 4.98 Å². The van der Waals surface area contributed by atoms with Crippen molar-refractivity contribution in [3.63, 3.8) is 0 Å². The van der Waals surface area contributed by atoms with Crippen molar-refractivity contribution in [3.05, 3.63) is 35.8 Å². The molecule has 1 aliphatic rings. The summed E-state index contributed by atoms with van der Waals surface area (Å²) in [5, 5.41) is 3.09. The van der Waals surface area contributed by atoms with Gasteiger partial charge >= 0.3 is 0 Å². The molecule has 3 nitrogen and oxygen atoms in total. The molecule has 0 aliphatic carbocycles. The fourth-order valence-electron chi connectivity index (χ4n) is 2.00. The lowest BCUT2D eigenvalue weighted by molar-refractivity contribution is 0.122. The number of anilines is 1. The lowest BCUT2D eigenvalue weighted by Crippen LogP contribution is -2.36. The van der Waals surface area contributed by atoms with Crippen molar-refractivity contribution >= 4 is 17.0 Å².